The Balaban J connectivity index is 2.75. The average molecular weight is 235 g/mol. The lowest BCUT2D eigenvalue weighted by Gasteiger charge is -2.19. The first-order valence-corrected chi connectivity index (χ1v) is 5.11. The van der Waals surface area contributed by atoms with E-state index in [4.69, 9.17) is 5.11 Å². The number of halogens is 2. The molecule has 92 valence electrons. The maximum absolute atomic E-state index is 13.2. The van der Waals surface area contributed by atoms with Gasteiger partial charge in [0.15, 0.2) is 0 Å². The van der Waals surface area contributed by atoms with E-state index in [9.17, 15) is 18.4 Å². The summed E-state index contributed by atoms with van der Waals surface area (Å²) < 4.78 is 26.5. The molecule has 0 spiro atoms. The Morgan fingerprint density at radius 1 is 1.50 bits per heavy atom. The van der Waals surface area contributed by atoms with E-state index in [1.165, 1.54) is 13.8 Å². The van der Waals surface area contributed by atoms with Gasteiger partial charge in [-0.05, 0) is 12.3 Å². The second-order valence-electron chi connectivity index (χ2n) is 4.38. The molecule has 1 rings (SSSR count). The number of hydrogen-bond acceptors (Lipinski definition) is 2. The van der Waals surface area contributed by atoms with Crippen molar-refractivity contribution >= 4 is 11.9 Å². The molecule has 0 saturated heterocycles. The highest BCUT2D eigenvalue weighted by Crippen LogP contribution is 2.44. The fraction of sp³-hybridized carbons (Fsp3) is 0.800. The van der Waals surface area contributed by atoms with Crippen LogP contribution in [0.15, 0.2) is 0 Å². The summed E-state index contributed by atoms with van der Waals surface area (Å²) in [6.45, 7) is 2.57. The predicted molar refractivity (Wildman–Crippen MR) is 52.1 cm³/mol. The number of aliphatic carboxylic acids is 1. The number of carbonyl (C=O) groups excluding carboxylic acids is 1. The number of carbonyl (C=O) groups is 2. The van der Waals surface area contributed by atoms with Crippen LogP contribution in [0.25, 0.3) is 0 Å². The Labute approximate surface area is 92.0 Å². The van der Waals surface area contributed by atoms with Crippen molar-refractivity contribution in [1.29, 1.82) is 0 Å². The number of alkyl halides is 2. The van der Waals surface area contributed by atoms with Crippen molar-refractivity contribution in [2.45, 2.75) is 38.7 Å². The Hall–Kier alpha value is -1.20. The summed E-state index contributed by atoms with van der Waals surface area (Å²) >= 11 is 0. The van der Waals surface area contributed by atoms with Gasteiger partial charge in [-0.15, -0.1) is 0 Å². The third-order valence-corrected chi connectivity index (χ3v) is 3.01. The van der Waals surface area contributed by atoms with Crippen molar-refractivity contribution in [1.82, 2.24) is 5.32 Å². The lowest BCUT2D eigenvalue weighted by molar-refractivity contribution is -0.143. The number of rotatable bonds is 3. The highest BCUT2D eigenvalue weighted by Gasteiger charge is 2.50. The SMILES string of the molecule is CC(=O)NC(C(=O)O)C1CC(C)C(F)(F)C1. The summed E-state index contributed by atoms with van der Waals surface area (Å²) in [6, 6.07) is -1.21. The number of hydrogen-bond donors (Lipinski definition) is 2. The van der Waals surface area contributed by atoms with Gasteiger partial charge in [0.2, 0.25) is 5.91 Å². The van der Waals surface area contributed by atoms with Gasteiger partial charge in [0.25, 0.3) is 5.92 Å². The number of carboxylic acids is 1. The van der Waals surface area contributed by atoms with Crippen LogP contribution in [-0.4, -0.2) is 28.9 Å². The third kappa shape index (κ3) is 2.68. The first kappa shape index (κ1) is 12.9. The van der Waals surface area contributed by atoms with Crippen LogP contribution in [0.5, 0.6) is 0 Å². The molecule has 0 aromatic carbocycles. The van der Waals surface area contributed by atoms with Crippen LogP contribution in [0.3, 0.4) is 0 Å². The zero-order valence-electron chi connectivity index (χ0n) is 9.17. The molecule has 3 atom stereocenters. The van der Waals surface area contributed by atoms with Crippen LogP contribution in [0, 0.1) is 11.8 Å². The molecule has 0 aromatic rings. The van der Waals surface area contributed by atoms with Crippen molar-refractivity contribution in [2.24, 2.45) is 11.8 Å². The Morgan fingerprint density at radius 2 is 2.06 bits per heavy atom. The summed E-state index contributed by atoms with van der Waals surface area (Å²) in [5, 5.41) is 11.1. The zero-order chi connectivity index (χ0) is 12.5. The normalized spacial score (nSPS) is 29.8. The lowest BCUT2D eigenvalue weighted by atomic mass is 9.97. The fourth-order valence-electron chi connectivity index (χ4n) is 2.11. The van der Waals surface area contributed by atoms with Crippen molar-refractivity contribution in [2.75, 3.05) is 0 Å². The minimum Gasteiger partial charge on any atom is -0.480 e. The highest BCUT2D eigenvalue weighted by atomic mass is 19.3. The van der Waals surface area contributed by atoms with Gasteiger partial charge >= 0.3 is 5.97 Å². The van der Waals surface area contributed by atoms with Gasteiger partial charge in [0.1, 0.15) is 6.04 Å². The Kier molecular flexibility index (Phi) is 3.50. The Bertz CT molecular complexity index is 306. The van der Waals surface area contributed by atoms with E-state index < -0.39 is 42.1 Å². The molecule has 4 nitrogen and oxygen atoms in total. The number of nitrogens with one attached hydrogen (secondary N) is 1. The second kappa shape index (κ2) is 4.35. The number of carboxylic acid groups (broad SMARTS) is 1. The zero-order valence-corrected chi connectivity index (χ0v) is 9.17. The minimum absolute atomic E-state index is 0.115. The van der Waals surface area contributed by atoms with E-state index in [2.05, 4.69) is 5.32 Å². The van der Waals surface area contributed by atoms with E-state index in [1.54, 1.807) is 0 Å². The van der Waals surface area contributed by atoms with E-state index in [0.29, 0.717) is 0 Å². The molecule has 0 aromatic heterocycles. The van der Waals surface area contributed by atoms with Crippen molar-refractivity contribution < 1.29 is 23.5 Å². The van der Waals surface area contributed by atoms with E-state index in [1.807, 2.05) is 0 Å². The standard InChI is InChI=1S/C10H15F2NO3/c1-5-3-7(4-10(5,11)12)8(9(15)16)13-6(2)14/h5,7-8H,3-4H2,1-2H3,(H,13,14)(H,15,16). The van der Waals surface area contributed by atoms with Gasteiger partial charge < -0.3 is 10.4 Å². The second-order valence-corrected chi connectivity index (χ2v) is 4.38. The van der Waals surface area contributed by atoms with Gasteiger partial charge in [-0.25, -0.2) is 13.6 Å². The maximum atomic E-state index is 13.2. The molecule has 2 N–H and O–H groups in total. The summed E-state index contributed by atoms with van der Waals surface area (Å²) in [4.78, 5) is 21.7. The van der Waals surface area contributed by atoms with Crippen molar-refractivity contribution in [3.05, 3.63) is 0 Å². The fourth-order valence-corrected chi connectivity index (χ4v) is 2.11. The van der Waals surface area contributed by atoms with Gasteiger partial charge in [-0.1, -0.05) is 6.92 Å². The van der Waals surface area contributed by atoms with Crippen molar-refractivity contribution in [3.8, 4) is 0 Å². The molecule has 1 amide bonds. The summed E-state index contributed by atoms with van der Waals surface area (Å²) in [6.07, 6.45) is -0.365. The van der Waals surface area contributed by atoms with Crippen LogP contribution in [-0.2, 0) is 9.59 Å². The molecule has 6 heteroatoms. The largest absolute Gasteiger partial charge is 0.480 e. The molecule has 1 aliphatic rings. The molecule has 1 fully saturated rings. The van der Waals surface area contributed by atoms with Crippen molar-refractivity contribution in [3.63, 3.8) is 0 Å². The highest BCUT2D eigenvalue weighted by molar-refractivity contribution is 5.82. The molecular formula is C10H15F2NO3. The first-order chi connectivity index (χ1) is 7.24. The Morgan fingerprint density at radius 3 is 2.38 bits per heavy atom. The average Bonchev–Trinajstić information content (AvgIpc) is 2.36. The smallest absolute Gasteiger partial charge is 0.326 e. The topological polar surface area (TPSA) is 66.4 Å². The van der Waals surface area contributed by atoms with Gasteiger partial charge in [0.05, 0.1) is 0 Å². The van der Waals surface area contributed by atoms with Gasteiger partial charge in [0, 0.05) is 19.3 Å². The monoisotopic (exact) mass is 235 g/mol. The molecule has 3 unspecified atom stereocenters. The van der Waals surface area contributed by atoms with Crippen LogP contribution in [0.1, 0.15) is 26.7 Å². The van der Waals surface area contributed by atoms with Crippen LogP contribution < -0.4 is 5.32 Å². The van der Waals surface area contributed by atoms with E-state index in [-0.39, 0.29) is 6.42 Å². The van der Waals surface area contributed by atoms with E-state index in [0.717, 1.165) is 0 Å². The molecule has 0 heterocycles. The molecule has 0 radical (unpaired) electrons. The third-order valence-electron chi connectivity index (χ3n) is 3.01. The molecule has 16 heavy (non-hydrogen) atoms. The van der Waals surface area contributed by atoms with Crippen LogP contribution >= 0.6 is 0 Å². The summed E-state index contributed by atoms with van der Waals surface area (Å²) in [5.41, 5.74) is 0. The van der Waals surface area contributed by atoms with Crippen LogP contribution in [0.2, 0.25) is 0 Å². The van der Waals surface area contributed by atoms with Gasteiger partial charge in [-0.3, -0.25) is 4.79 Å². The van der Waals surface area contributed by atoms with Crippen LogP contribution in [0.4, 0.5) is 8.78 Å². The summed E-state index contributed by atoms with van der Waals surface area (Å²) in [5.74, 6) is -6.16. The van der Waals surface area contributed by atoms with E-state index >= 15 is 0 Å². The minimum atomic E-state index is -2.84. The van der Waals surface area contributed by atoms with Gasteiger partial charge in [-0.2, -0.15) is 0 Å². The molecule has 1 saturated carbocycles. The summed E-state index contributed by atoms with van der Waals surface area (Å²) in [7, 11) is 0. The lowest BCUT2D eigenvalue weighted by Crippen LogP contribution is -2.44. The molecular weight excluding hydrogens is 220 g/mol. The quantitative estimate of drug-likeness (QED) is 0.773. The first-order valence-electron chi connectivity index (χ1n) is 5.11. The maximum Gasteiger partial charge on any atom is 0.326 e. The molecule has 1 aliphatic carbocycles. The predicted octanol–water partition coefficient (Wildman–Crippen LogP) is 1.26. The molecule has 0 aliphatic heterocycles. The number of amides is 1. The molecule has 0 bridgehead atoms.